The smallest absolute Gasteiger partial charge is 0.294 e. The fourth-order valence-corrected chi connectivity index (χ4v) is 5.31. The normalized spacial score (nSPS) is 13.9. The Morgan fingerprint density at radius 1 is 0.953 bits per heavy atom. The van der Waals surface area contributed by atoms with Gasteiger partial charge in [0.25, 0.3) is 17.1 Å². The molecule has 1 saturated heterocycles. The number of carbonyl (C=O) groups is 4. The lowest BCUT2D eigenvalue weighted by atomic mass is 10.0. The van der Waals surface area contributed by atoms with Gasteiger partial charge in [-0.3, -0.25) is 24.1 Å². The molecule has 2 N–H and O–H groups in total. The highest BCUT2D eigenvalue weighted by Gasteiger charge is 2.36. The lowest BCUT2D eigenvalue weighted by Crippen LogP contribution is -2.36. The van der Waals surface area contributed by atoms with Gasteiger partial charge in [-0.15, -0.1) is 0 Å². The molecule has 1 heterocycles. The zero-order valence-corrected chi connectivity index (χ0v) is 25.8. The van der Waals surface area contributed by atoms with E-state index in [0.29, 0.717) is 34.4 Å². The maximum Gasteiger partial charge on any atom is 0.294 e. The zero-order chi connectivity index (χ0) is 31.1. The van der Waals surface area contributed by atoms with Crippen LogP contribution in [-0.4, -0.2) is 47.6 Å². The largest absolute Gasteiger partial charge is 0.490 e. The van der Waals surface area contributed by atoms with Crippen LogP contribution in [-0.2, 0) is 14.4 Å². The lowest BCUT2D eigenvalue weighted by molar-refractivity contribution is -0.127. The van der Waals surface area contributed by atoms with Gasteiger partial charge in [0.15, 0.2) is 18.1 Å². The molecular formula is C32H32ClN3O6S. The van der Waals surface area contributed by atoms with E-state index in [1.807, 2.05) is 38.1 Å². The molecule has 4 amide bonds. The summed E-state index contributed by atoms with van der Waals surface area (Å²) in [6.45, 7) is 7.40. The van der Waals surface area contributed by atoms with Gasteiger partial charge in [-0.2, -0.15) is 0 Å². The van der Waals surface area contributed by atoms with Crippen molar-refractivity contribution in [3.8, 4) is 11.5 Å². The maximum absolute atomic E-state index is 13.0. The molecule has 0 unspecified atom stereocenters. The summed E-state index contributed by atoms with van der Waals surface area (Å²) in [6, 6.07) is 17.7. The number of halogens is 1. The third kappa shape index (κ3) is 8.18. The number of hydrogen-bond donors (Lipinski definition) is 2. The number of nitrogens with one attached hydrogen (secondary N) is 2. The molecule has 1 aliphatic rings. The number of nitrogens with zero attached hydrogens (tertiary/aromatic N) is 1. The number of benzene rings is 3. The average molecular weight is 622 g/mol. The molecule has 224 valence electrons. The Bertz CT molecular complexity index is 1590. The van der Waals surface area contributed by atoms with Crippen molar-refractivity contribution in [1.29, 1.82) is 0 Å². The first-order chi connectivity index (χ1) is 20.5. The minimum absolute atomic E-state index is 0.163. The van der Waals surface area contributed by atoms with Crippen molar-refractivity contribution in [2.24, 2.45) is 0 Å². The summed E-state index contributed by atoms with van der Waals surface area (Å²) in [5, 5.41) is 5.49. The maximum atomic E-state index is 13.0. The van der Waals surface area contributed by atoms with Gasteiger partial charge in [-0.1, -0.05) is 55.8 Å². The molecule has 9 nitrogen and oxygen atoms in total. The second-order valence-corrected chi connectivity index (χ2v) is 11.4. The van der Waals surface area contributed by atoms with E-state index in [9.17, 15) is 19.2 Å². The van der Waals surface area contributed by atoms with Gasteiger partial charge in [0.2, 0.25) is 5.91 Å². The van der Waals surface area contributed by atoms with Gasteiger partial charge in [0, 0.05) is 16.4 Å². The van der Waals surface area contributed by atoms with Gasteiger partial charge < -0.3 is 20.1 Å². The number of imide groups is 1. The van der Waals surface area contributed by atoms with Crippen LogP contribution < -0.4 is 20.1 Å². The first kappa shape index (κ1) is 31.7. The summed E-state index contributed by atoms with van der Waals surface area (Å²) < 4.78 is 11.5. The van der Waals surface area contributed by atoms with E-state index in [2.05, 4.69) is 24.5 Å². The van der Waals surface area contributed by atoms with E-state index >= 15 is 0 Å². The molecule has 11 heteroatoms. The van der Waals surface area contributed by atoms with Crippen LogP contribution in [0.5, 0.6) is 11.5 Å². The first-order valence-electron chi connectivity index (χ1n) is 13.7. The molecule has 0 aliphatic carbocycles. The van der Waals surface area contributed by atoms with Crippen molar-refractivity contribution in [3.05, 3.63) is 87.3 Å². The number of anilines is 2. The van der Waals surface area contributed by atoms with Crippen LogP contribution in [0.25, 0.3) is 6.08 Å². The fraction of sp³-hybridized carbons (Fsp3) is 0.250. The predicted molar refractivity (Wildman–Crippen MR) is 170 cm³/mol. The molecule has 0 bridgehead atoms. The Morgan fingerprint density at radius 3 is 2.44 bits per heavy atom. The number of amides is 4. The minimum atomic E-state index is -0.579. The lowest BCUT2D eigenvalue weighted by Gasteiger charge is -2.15. The quantitative estimate of drug-likeness (QED) is 0.225. The standard InChI is InChI=1S/C32H32ClN3O6S/c1-5-41-27-14-21(11-13-26(27)42-18-30(38)34-24-9-7-6-8-23(24)19(2)3)15-28-31(39)36(32(40)43-28)17-29(37)35-25-16-22(33)12-10-20(25)4/h6-16,19H,5,17-18H2,1-4H3,(H,34,38)(H,35,37)/b28-15+. The van der Waals surface area contributed by atoms with Gasteiger partial charge in [0.1, 0.15) is 6.54 Å². The first-order valence-corrected chi connectivity index (χ1v) is 14.8. The topological polar surface area (TPSA) is 114 Å². The van der Waals surface area contributed by atoms with Crippen molar-refractivity contribution in [3.63, 3.8) is 0 Å². The molecule has 1 fully saturated rings. The molecule has 0 saturated carbocycles. The molecule has 0 atom stereocenters. The second-order valence-electron chi connectivity index (χ2n) is 9.99. The van der Waals surface area contributed by atoms with Crippen LogP contribution in [0.2, 0.25) is 5.02 Å². The highest BCUT2D eigenvalue weighted by Crippen LogP contribution is 2.35. The molecular weight excluding hydrogens is 590 g/mol. The monoisotopic (exact) mass is 621 g/mol. The summed E-state index contributed by atoms with van der Waals surface area (Å²) in [6.07, 6.45) is 1.55. The number of carbonyl (C=O) groups excluding carboxylic acids is 4. The van der Waals surface area contributed by atoms with Crippen molar-refractivity contribution >= 4 is 63.8 Å². The molecule has 1 aliphatic heterocycles. The summed E-state index contributed by atoms with van der Waals surface area (Å²) in [5.41, 5.74) is 3.63. The van der Waals surface area contributed by atoms with Crippen LogP contribution in [0.15, 0.2) is 65.6 Å². The van der Waals surface area contributed by atoms with Gasteiger partial charge in [0.05, 0.1) is 11.5 Å². The van der Waals surface area contributed by atoms with Crippen LogP contribution in [0, 0.1) is 6.92 Å². The van der Waals surface area contributed by atoms with E-state index in [0.717, 1.165) is 33.5 Å². The Morgan fingerprint density at radius 2 is 1.70 bits per heavy atom. The average Bonchev–Trinajstić information content (AvgIpc) is 3.22. The van der Waals surface area contributed by atoms with E-state index in [-0.39, 0.29) is 23.3 Å². The molecule has 43 heavy (non-hydrogen) atoms. The number of rotatable bonds is 11. The third-order valence-corrected chi connectivity index (χ3v) is 7.57. The third-order valence-electron chi connectivity index (χ3n) is 6.43. The summed E-state index contributed by atoms with van der Waals surface area (Å²) >= 11 is 6.76. The van der Waals surface area contributed by atoms with Crippen LogP contribution in [0.4, 0.5) is 16.2 Å². The number of hydrogen-bond acceptors (Lipinski definition) is 7. The van der Waals surface area contributed by atoms with Crippen molar-refractivity contribution < 1.29 is 28.7 Å². The molecule has 4 rings (SSSR count). The van der Waals surface area contributed by atoms with E-state index < -0.39 is 23.6 Å². The number of thioether (sulfide) groups is 1. The summed E-state index contributed by atoms with van der Waals surface area (Å²) in [7, 11) is 0. The second kappa shape index (κ2) is 14.3. The number of para-hydroxylation sites is 1. The van der Waals surface area contributed by atoms with Crippen molar-refractivity contribution in [2.45, 2.75) is 33.6 Å². The zero-order valence-electron chi connectivity index (χ0n) is 24.2. The van der Waals surface area contributed by atoms with Gasteiger partial charge in [-0.25, -0.2) is 0 Å². The molecule has 3 aromatic rings. The summed E-state index contributed by atoms with van der Waals surface area (Å²) in [5.74, 6) is -0.445. The highest BCUT2D eigenvalue weighted by molar-refractivity contribution is 8.18. The van der Waals surface area contributed by atoms with Crippen LogP contribution in [0.3, 0.4) is 0 Å². The molecule has 0 spiro atoms. The number of aryl methyl sites for hydroxylation is 1. The minimum Gasteiger partial charge on any atom is -0.490 e. The van der Waals surface area contributed by atoms with Gasteiger partial charge in [-0.05, 0) is 84.6 Å². The van der Waals surface area contributed by atoms with E-state index in [4.69, 9.17) is 21.1 Å². The fourth-order valence-electron chi connectivity index (χ4n) is 4.30. The van der Waals surface area contributed by atoms with Crippen LogP contribution >= 0.6 is 23.4 Å². The molecule has 0 aromatic heterocycles. The van der Waals surface area contributed by atoms with E-state index in [1.54, 1.807) is 42.5 Å². The van der Waals surface area contributed by atoms with Crippen LogP contribution in [0.1, 0.15) is 43.4 Å². The Kier molecular flexibility index (Phi) is 10.5. The Labute approximate surface area is 259 Å². The van der Waals surface area contributed by atoms with Gasteiger partial charge >= 0.3 is 0 Å². The SMILES string of the molecule is CCOc1cc(/C=C2/SC(=O)N(CC(=O)Nc3cc(Cl)ccc3C)C2=O)ccc1OCC(=O)Nc1ccccc1C(C)C. The van der Waals surface area contributed by atoms with Crippen molar-refractivity contribution in [2.75, 3.05) is 30.4 Å². The highest BCUT2D eigenvalue weighted by atomic mass is 35.5. The predicted octanol–water partition coefficient (Wildman–Crippen LogP) is 6.86. The molecule has 3 aromatic carbocycles. The molecule has 0 radical (unpaired) electrons. The summed E-state index contributed by atoms with van der Waals surface area (Å²) in [4.78, 5) is 51.9. The van der Waals surface area contributed by atoms with Crippen molar-refractivity contribution in [1.82, 2.24) is 4.90 Å². The number of ether oxygens (including phenoxy) is 2. The Hall–Kier alpha value is -4.28. The Balaban J connectivity index is 1.42. The van der Waals surface area contributed by atoms with E-state index in [1.165, 1.54) is 0 Å².